The second-order valence-corrected chi connectivity index (χ2v) is 9.03. The van der Waals surface area contributed by atoms with Gasteiger partial charge in [-0.2, -0.15) is 0 Å². The molecule has 3 rings (SSSR count). The van der Waals surface area contributed by atoms with Gasteiger partial charge in [0.05, 0.1) is 22.7 Å². The van der Waals surface area contributed by atoms with Gasteiger partial charge >= 0.3 is 5.97 Å². The topological polar surface area (TPSA) is 60.4 Å². The first-order chi connectivity index (χ1) is 12.9. The minimum atomic E-state index is -3.39. The summed E-state index contributed by atoms with van der Waals surface area (Å²) in [5, 5.41) is 0. The van der Waals surface area contributed by atoms with Crippen molar-refractivity contribution in [2.45, 2.75) is 42.4 Å². The summed E-state index contributed by atoms with van der Waals surface area (Å²) in [6.45, 7) is 0.0297. The molecule has 0 heterocycles. The molecule has 6 heteroatoms. The standard InChI is InChI=1S/C21H23FO4S/c22-18-9-6-8-17(16-18)21(12-4-5-13-21)20(23)26-14-7-15-27(24,25)19-10-2-1-3-11-19/h1-3,6,8-11,16H,4-5,7,12-15H2. The zero-order valence-corrected chi connectivity index (χ0v) is 15.9. The smallest absolute Gasteiger partial charge is 0.316 e. The molecule has 0 amide bonds. The Morgan fingerprint density at radius 2 is 1.74 bits per heavy atom. The number of hydrogen-bond acceptors (Lipinski definition) is 4. The van der Waals surface area contributed by atoms with Gasteiger partial charge in [0.25, 0.3) is 0 Å². The highest BCUT2D eigenvalue weighted by atomic mass is 32.2. The monoisotopic (exact) mass is 390 g/mol. The molecule has 0 spiro atoms. The Hall–Kier alpha value is -2.21. The quantitative estimate of drug-likeness (QED) is 0.529. The Bertz CT molecular complexity index is 887. The van der Waals surface area contributed by atoms with E-state index in [1.54, 1.807) is 42.5 Å². The van der Waals surface area contributed by atoms with Gasteiger partial charge in [-0.1, -0.05) is 43.2 Å². The summed E-state index contributed by atoms with van der Waals surface area (Å²) in [4.78, 5) is 13.0. The molecule has 0 aromatic heterocycles. The normalized spacial score (nSPS) is 16.2. The number of benzene rings is 2. The molecule has 2 aromatic rings. The predicted molar refractivity (Wildman–Crippen MR) is 101 cm³/mol. The maximum atomic E-state index is 13.6. The van der Waals surface area contributed by atoms with Gasteiger partial charge in [-0.3, -0.25) is 4.79 Å². The van der Waals surface area contributed by atoms with Gasteiger partial charge in [-0.05, 0) is 49.1 Å². The largest absolute Gasteiger partial charge is 0.465 e. The third kappa shape index (κ3) is 4.38. The van der Waals surface area contributed by atoms with Gasteiger partial charge in [0.15, 0.2) is 9.84 Å². The summed E-state index contributed by atoms with van der Waals surface area (Å²) in [7, 11) is -3.39. The van der Waals surface area contributed by atoms with E-state index in [-0.39, 0.29) is 35.5 Å². The van der Waals surface area contributed by atoms with Crippen LogP contribution in [-0.4, -0.2) is 26.7 Å². The van der Waals surface area contributed by atoms with E-state index in [4.69, 9.17) is 4.74 Å². The van der Waals surface area contributed by atoms with Crippen molar-refractivity contribution in [3.63, 3.8) is 0 Å². The molecule has 0 radical (unpaired) electrons. The number of halogens is 1. The first-order valence-corrected chi connectivity index (χ1v) is 10.8. The van der Waals surface area contributed by atoms with E-state index >= 15 is 0 Å². The first-order valence-electron chi connectivity index (χ1n) is 9.15. The van der Waals surface area contributed by atoms with Gasteiger partial charge in [0.1, 0.15) is 5.82 Å². The Kier molecular flexibility index (Phi) is 5.95. The first kappa shape index (κ1) is 19.5. The molecule has 27 heavy (non-hydrogen) atoms. The zero-order chi connectivity index (χ0) is 19.3. The lowest BCUT2D eigenvalue weighted by atomic mass is 9.79. The molecule has 4 nitrogen and oxygen atoms in total. The lowest BCUT2D eigenvalue weighted by Gasteiger charge is -2.27. The van der Waals surface area contributed by atoms with Crippen LogP contribution in [0.5, 0.6) is 0 Å². The molecule has 0 aliphatic heterocycles. The van der Waals surface area contributed by atoms with Crippen LogP contribution in [0.3, 0.4) is 0 Å². The highest BCUT2D eigenvalue weighted by molar-refractivity contribution is 7.91. The van der Waals surface area contributed by atoms with E-state index in [1.807, 2.05) is 0 Å². The number of rotatable bonds is 7. The highest BCUT2D eigenvalue weighted by Crippen LogP contribution is 2.42. The molecule has 2 aromatic carbocycles. The van der Waals surface area contributed by atoms with E-state index in [0.717, 1.165) is 12.8 Å². The average molecular weight is 390 g/mol. The van der Waals surface area contributed by atoms with Crippen molar-refractivity contribution in [3.8, 4) is 0 Å². The van der Waals surface area contributed by atoms with Gasteiger partial charge in [0, 0.05) is 0 Å². The number of esters is 1. The molecule has 0 saturated heterocycles. The van der Waals surface area contributed by atoms with Crippen molar-refractivity contribution in [1.29, 1.82) is 0 Å². The minimum Gasteiger partial charge on any atom is -0.465 e. The molecule has 1 fully saturated rings. The van der Waals surface area contributed by atoms with E-state index in [2.05, 4.69) is 0 Å². The zero-order valence-electron chi connectivity index (χ0n) is 15.1. The van der Waals surface area contributed by atoms with Crippen LogP contribution in [0.4, 0.5) is 4.39 Å². The minimum absolute atomic E-state index is 0.0297. The van der Waals surface area contributed by atoms with Crippen molar-refractivity contribution in [2.75, 3.05) is 12.4 Å². The molecule has 0 N–H and O–H groups in total. The maximum Gasteiger partial charge on any atom is 0.316 e. The van der Waals surface area contributed by atoms with E-state index < -0.39 is 15.3 Å². The second kappa shape index (κ2) is 8.21. The molecule has 144 valence electrons. The van der Waals surface area contributed by atoms with Gasteiger partial charge in [-0.15, -0.1) is 0 Å². The Morgan fingerprint density at radius 1 is 1.04 bits per heavy atom. The molecular formula is C21H23FO4S. The molecule has 0 bridgehead atoms. The van der Waals surface area contributed by atoms with Crippen LogP contribution >= 0.6 is 0 Å². The SMILES string of the molecule is O=C(OCCCS(=O)(=O)c1ccccc1)C1(c2cccc(F)c2)CCCC1. The number of hydrogen-bond donors (Lipinski definition) is 0. The van der Waals surface area contributed by atoms with Crippen molar-refractivity contribution in [2.24, 2.45) is 0 Å². The average Bonchev–Trinajstić information content (AvgIpc) is 3.17. The Morgan fingerprint density at radius 3 is 2.41 bits per heavy atom. The summed E-state index contributed by atoms with van der Waals surface area (Å²) in [5.41, 5.74) is -0.178. The highest BCUT2D eigenvalue weighted by Gasteiger charge is 2.44. The number of sulfone groups is 1. The summed E-state index contributed by atoms with van der Waals surface area (Å²) in [6.07, 6.45) is 3.24. The fourth-order valence-corrected chi connectivity index (χ4v) is 4.98. The van der Waals surface area contributed by atoms with Gasteiger partial charge in [0.2, 0.25) is 0 Å². The Labute approximate surface area is 159 Å². The molecule has 0 unspecified atom stereocenters. The Balaban J connectivity index is 1.61. The van der Waals surface area contributed by atoms with E-state index in [0.29, 0.717) is 18.4 Å². The lowest BCUT2D eigenvalue weighted by Crippen LogP contribution is -2.35. The van der Waals surface area contributed by atoms with Crippen LogP contribution in [0.1, 0.15) is 37.7 Å². The third-order valence-electron chi connectivity index (χ3n) is 5.12. The maximum absolute atomic E-state index is 13.6. The van der Waals surface area contributed by atoms with Crippen LogP contribution in [0.2, 0.25) is 0 Å². The fourth-order valence-electron chi connectivity index (χ4n) is 3.67. The summed E-state index contributed by atoms with van der Waals surface area (Å²) >= 11 is 0. The molecule has 1 aliphatic carbocycles. The van der Waals surface area contributed by atoms with E-state index in [1.165, 1.54) is 12.1 Å². The van der Waals surface area contributed by atoms with Crippen LogP contribution < -0.4 is 0 Å². The number of carbonyl (C=O) groups is 1. The van der Waals surface area contributed by atoms with Crippen molar-refractivity contribution in [1.82, 2.24) is 0 Å². The second-order valence-electron chi connectivity index (χ2n) is 6.92. The lowest BCUT2D eigenvalue weighted by molar-refractivity contribution is -0.150. The summed E-state index contributed by atoms with van der Waals surface area (Å²) in [6, 6.07) is 14.3. The fraction of sp³-hybridized carbons (Fsp3) is 0.381. The van der Waals surface area contributed by atoms with Gasteiger partial charge in [-0.25, -0.2) is 12.8 Å². The molecular weight excluding hydrogens is 367 g/mol. The molecule has 1 aliphatic rings. The molecule has 1 saturated carbocycles. The van der Waals surface area contributed by atoms with E-state index in [9.17, 15) is 17.6 Å². The number of ether oxygens (including phenoxy) is 1. The van der Waals surface area contributed by atoms with Crippen LogP contribution in [0.25, 0.3) is 0 Å². The third-order valence-corrected chi connectivity index (χ3v) is 6.93. The van der Waals surface area contributed by atoms with Gasteiger partial charge < -0.3 is 4.74 Å². The van der Waals surface area contributed by atoms with Crippen molar-refractivity contribution < 1.29 is 22.3 Å². The number of carbonyl (C=O) groups excluding carboxylic acids is 1. The van der Waals surface area contributed by atoms with Crippen LogP contribution in [0, 0.1) is 5.82 Å². The molecule has 0 atom stereocenters. The van der Waals surface area contributed by atoms with Crippen molar-refractivity contribution in [3.05, 3.63) is 66.0 Å². The predicted octanol–water partition coefficient (Wildman–Crippen LogP) is 4.04. The summed E-state index contributed by atoms with van der Waals surface area (Å²) in [5.74, 6) is -0.847. The van der Waals surface area contributed by atoms with Crippen molar-refractivity contribution >= 4 is 15.8 Å². The van der Waals surface area contributed by atoms with Crippen LogP contribution in [-0.2, 0) is 24.8 Å². The summed E-state index contributed by atoms with van der Waals surface area (Å²) < 4.78 is 43.6. The van der Waals surface area contributed by atoms with Crippen LogP contribution in [0.15, 0.2) is 59.5 Å².